The van der Waals surface area contributed by atoms with Crippen LogP contribution in [-0.2, 0) is 4.79 Å². The van der Waals surface area contributed by atoms with Gasteiger partial charge in [-0.1, -0.05) is 0 Å². The number of nitrogens with zero attached hydrogens (tertiary/aromatic N) is 2. The van der Waals surface area contributed by atoms with Crippen LogP contribution in [0, 0.1) is 20.2 Å². The SMILES string of the molecule is O=C1CC(c2cc([N+](=O)[O-])cc([N+](=O)[O-])c2O)N1. The van der Waals surface area contributed by atoms with E-state index >= 15 is 0 Å². The van der Waals surface area contributed by atoms with Crippen LogP contribution >= 0.6 is 0 Å². The van der Waals surface area contributed by atoms with Gasteiger partial charge in [0.25, 0.3) is 5.69 Å². The molecule has 1 saturated heterocycles. The molecular formula is C9H7N3O6. The number of nitrogens with one attached hydrogen (secondary N) is 1. The Morgan fingerprint density at radius 1 is 1.28 bits per heavy atom. The van der Waals surface area contributed by atoms with Crippen molar-refractivity contribution in [2.45, 2.75) is 12.5 Å². The number of phenols is 1. The molecule has 1 aromatic rings. The van der Waals surface area contributed by atoms with Gasteiger partial charge in [0.15, 0.2) is 5.75 Å². The third-order valence-corrected chi connectivity index (χ3v) is 2.61. The lowest BCUT2D eigenvalue weighted by molar-refractivity contribution is -0.394. The van der Waals surface area contributed by atoms with Crippen LogP contribution in [0.1, 0.15) is 18.0 Å². The molecule has 0 aliphatic carbocycles. The maximum Gasteiger partial charge on any atom is 0.317 e. The summed E-state index contributed by atoms with van der Waals surface area (Å²) in [5.74, 6) is -0.941. The summed E-state index contributed by atoms with van der Waals surface area (Å²) in [4.78, 5) is 30.4. The van der Waals surface area contributed by atoms with Gasteiger partial charge in [0.1, 0.15) is 0 Å². The fourth-order valence-corrected chi connectivity index (χ4v) is 1.68. The summed E-state index contributed by atoms with van der Waals surface area (Å²) in [6, 6.07) is 1.07. The molecule has 9 nitrogen and oxygen atoms in total. The van der Waals surface area contributed by atoms with Gasteiger partial charge < -0.3 is 10.4 Å². The molecule has 94 valence electrons. The van der Waals surface area contributed by atoms with Crippen LogP contribution in [0.15, 0.2) is 12.1 Å². The molecule has 0 spiro atoms. The van der Waals surface area contributed by atoms with Gasteiger partial charge in [-0.3, -0.25) is 25.0 Å². The first-order valence-corrected chi connectivity index (χ1v) is 4.85. The van der Waals surface area contributed by atoms with Gasteiger partial charge in [0.05, 0.1) is 28.4 Å². The second-order valence-electron chi connectivity index (χ2n) is 3.74. The van der Waals surface area contributed by atoms with Crippen molar-refractivity contribution in [3.63, 3.8) is 0 Å². The van der Waals surface area contributed by atoms with Crippen LogP contribution in [0.25, 0.3) is 0 Å². The lowest BCUT2D eigenvalue weighted by Crippen LogP contribution is -2.41. The zero-order chi connectivity index (χ0) is 13.4. The van der Waals surface area contributed by atoms with Gasteiger partial charge >= 0.3 is 5.69 Å². The second-order valence-corrected chi connectivity index (χ2v) is 3.74. The fourth-order valence-electron chi connectivity index (χ4n) is 1.68. The molecule has 0 aromatic heterocycles. The number of phenolic OH excluding ortho intramolecular Hbond substituents is 1. The van der Waals surface area contributed by atoms with Crippen molar-refractivity contribution in [1.29, 1.82) is 0 Å². The first kappa shape index (κ1) is 11.8. The number of hydrogen-bond acceptors (Lipinski definition) is 6. The minimum atomic E-state index is -0.910. The van der Waals surface area contributed by atoms with Crippen molar-refractivity contribution < 1.29 is 19.7 Å². The Kier molecular flexibility index (Phi) is 2.58. The normalized spacial score (nSPS) is 17.8. The number of aromatic hydroxyl groups is 1. The summed E-state index contributed by atoms with van der Waals surface area (Å²) < 4.78 is 0. The minimum Gasteiger partial charge on any atom is -0.502 e. The number of carbonyl (C=O) groups is 1. The van der Waals surface area contributed by atoms with Gasteiger partial charge in [-0.15, -0.1) is 0 Å². The minimum absolute atomic E-state index is 0.0181. The molecule has 1 aliphatic rings. The molecule has 1 atom stereocenters. The molecule has 1 amide bonds. The van der Waals surface area contributed by atoms with E-state index in [-0.39, 0.29) is 17.9 Å². The molecular weight excluding hydrogens is 246 g/mol. The number of nitro groups is 2. The third kappa shape index (κ3) is 1.81. The van der Waals surface area contributed by atoms with Gasteiger partial charge in [-0.25, -0.2) is 0 Å². The molecule has 1 aliphatic heterocycles. The molecule has 0 radical (unpaired) electrons. The number of amides is 1. The lowest BCUT2D eigenvalue weighted by atomic mass is 9.95. The van der Waals surface area contributed by atoms with Crippen LogP contribution in [-0.4, -0.2) is 20.9 Å². The largest absolute Gasteiger partial charge is 0.502 e. The van der Waals surface area contributed by atoms with E-state index in [1.165, 1.54) is 0 Å². The Bertz CT molecular complexity index is 562. The molecule has 2 N–H and O–H groups in total. The van der Waals surface area contributed by atoms with Crippen LogP contribution in [0.2, 0.25) is 0 Å². The molecule has 9 heteroatoms. The number of hydrogen-bond donors (Lipinski definition) is 2. The zero-order valence-corrected chi connectivity index (χ0v) is 8.82. The number of carbonyl (C=O) groups excluding carboxylic acids is 1. The summed E-state index contributed by atoms with van der Waals surface area (Å²) in [6.07, 6.45) is 0.0336. The van der Waals surface area contributed by atoms with Crippen LogP contribution in [0.5, 0.6) is 5.75 Å². The third-order valence-electron chi connectivity index (χ3n) is 2.61. The highest BCUT2D eigenvalue weighted by Crippen LogP contribution is 2.40. The predicted octanol–water partition coefficient (Wildman–Crippen LogP) is 0.770. The molecule has 0 saturated carbocycles. The molecule has 0 bridgehead atoms. The van der Waals surface area contributed by atoms with Crippen molar-refractivity contribution in [2.75, 3.05) is 0 Å². The summed E-state index contributed by atoms with van der Waals surface area (Å²) in [5, 5.41) is 33.4. The highest BCUT2D eigenvalue weighted by atomic mass is 16.6. The molecule has 1 heterocycles. The smallest absolute Gasteiger partial charge is 0.317 e. The molecule has 1 aromatic carbocycles. The summed E-state index contributed by atoms with van der Waals surface area (Å²) in [6.45, 7) is 0. The summed E-state index contributed by atoms with van der Waals surface area (Å²) >= 11 is 0. The van der Waals surface area contributed by atoms with Crippen molar-refractivity contribution in [3.8, 4) is 5.75 Å². The van der Waals surface area contributed by atoms with Crippen LogP contribution in [0.3, 0.4) is 0 Å². The van der Waals surface area contributed by atoms with E-state index in [9.17, 15) is 30.1 Å². The van der Waals surface area contributed by atoms with Crippen molar-refractivity contribution in [3.05, 3.63) is 37.9 Å². The lowest BCUT2D eigenvalue weighted by Gasteiger charge is -2.27. The van der Waals surface area contributed by atoms with Gasteiger partial charge in [-0.05, 0) is 0 Å². The van der Waals surface area contributed by atoms with Gasteiger partial charge in [-0.2, -0.15) is 0 Å². The van der Waals surface area contributed by atoms with Crippen LogP contribution in [0.4, 0.5) is 11.4 Å². The highest BCUT2D eigenvalue weighted by molar-refractivity contribution is 5.84. The zero-order valence-electron chi connectivity index (χ0n) is 8.82. The predicted molar refractivity (Wildman–Crippen MR) is 56.9 cm³/mol. The topological polar surface area (TPSA) is 136 Å². The van der Waals surface area contributed by atoms with Crippen LogP contribution < -0.4 is 5.32 Å². The summed E-state index contributed by atoms with van der Waals surface area (Å²) in [7, 11) is 0. The standard InChI is InChI=1S/C9H7N3O6/c13-8-3-6(10-8)5-1-4(11(15)16)2-7(9(5)14)12(17)18/h1-2,6,14H,3H2,(H,10,13). The van der Waals surface area contributed by atoms with E-state index in [2.05, 4.69) is 5.32 Å². The van der Waals surface area contributed by atoms with E-state index in [4.69, 9.17) is 0 Å². The molecule has 1 fully saturated rings. The number of benzene rings is 1. The maximum atomic E-state index is 10.8. The Morgan fingerprint density at radius 3 is 2.33 bits per heavy atom. The average Bonchev–Trinajstić information content (AvgIpc) is 2.24. The number of non-ortho nitro benzene ring substituents is 1. The first-order valence-electron chi connectivity index (χ1n) is 4.85. The van der Waals surface area contributed by atoms with E-state index < -0.39 is 33.0 Å². The highest BCUT2D eigenvalue weighted by Gasteiger charge is 2.34. The molecule has 18 heavy (non-hydrogen) atoms. The van der Waals surface area contributed by atoms with Crippen molar-refractivity contribution in [2.24, 2.45) is 0 Å². The summed E-state index contributed by atoms with van der Waals surface area (Å²) in [5.41, 5.74) is -1.27. The Labute approximate surface area is 99.3 Å². The number of nitro benzene ring substituents is 2. The molecule has 1 unspecified atom stereocenters. The monoisotopic (exact) mass is 253 g/mol. The van der Waals surface area contributed by atoms with E-state index in [0.717, 1.165) is 6.07 Å². The second kappa shape index (κ2) is 3.95. The number of rotatable bonds is 3. The van der Waals surface area contributed by atoms with Crippen molar-refractivity contribution in [1.82, 2.24) is 5.32 Å². The Morgan fingerprint density at radius 2 is 1.89 bits per heavy atom. The fraction of sp³-hybridized carbons (Fsp3) is 0.222. The van der Waals surface area contributed by atoms with Gasteiger partial charge in [0, 0.05) is 11.6 Å². The Balaban J connectivity index is 2.53. The Hall–Kier alpha value is -2.71. The van der Waals surface area contributed by atoms with E-state index in [1.54, 1.807) is 0 Å². The van der Waals surface area contributed by atoms with Gasteiger partial charge in [0.2, 0.25) is 5.91 Å². The van der Waals surface area contributed by atoms with E-state index in [1.807, 2.05) is 0 Å². The maximum absolute atomic E-state index is 10.8. The average molecular weight is 253 g/mol. The van der Waals surface area contributed by atoms with E-state index in [0.29, 0.717) is 6.07 Å². The quantitative estimate of drug-likeness (QED) is 0.463. The molecule has 2 rings (SSSR count). The number of β-lactam (4-membered cyclic amide) rings is 1. The van der Waals surface area contributed by atoms with Crippen molar-refractivity contribution >= 4 is 17.3 Å². The first-order chi connectivity index (χ1) is 8.40.